The third-order valence-corrected chi connectivity index (χ3v) is 5.22. The minimum atomic E-state index is -0.186. The summed E-state index contributed by atoms with van der Waals surface area (Å²) in [6.07, 6.45) is 6.51. The Labute approximate surface area is 162 Å². The van der Waals surface area contributed by atoms with Crippen LogP contribution in [-0.4, -0.2) is 44.2 Å². The van der Waals surface area contributed by atoms with Gasteiger partial charge in [-0.2, -0.15) is 0 Å². The number of aliphatic hydroxyl groups excluding tert-OH is 1. The van der Waals surface area contributed by atoms with Crippen LogP contribution in [0.15, 0.2) is 36.8 Å². The maximum atomic E-state index is 9.73. The van der Waals surface area contributed by atoms with E-state index in [1.165, 1.54) is 6.33 Å². The van der Waals surface area contributed by atoms with Gasteiger partial charge in [-0.3, -0.25) is 0 Å². The van der Waals surface area contributed by atoms with E-state index in [0.29, 0.717) is 33.9 Å². The monoisotopic (exact) mass is 384 g/mol. The molecule has 140 valence electrons. The topological polar surface area (TPSA) is 87.1 Å². The molecule has 1 fully saturated rings. The molecule has 1 aliphatic rings. The number of hydrogen-bond donors (Lipinski definition) is 2. The highest BCUT2D eigenvalue weighted by Crippen LogP contribution is 2.27. The molecule has 2 aromatic heterocycles. The van der Waals surface area contributed by atoms with Gasteiger partial charge in [-0.15, -0.1) is 0 Å². The van der Waals surface area contributed by atoms with E-state index in [-0.39, 0.29) is 6.10 Å². The molecule has 27 heavy (non-hydrogen) atoms. The number of anilines is 3. The van der Waals surface area contributed by atoms with Crippen molar-refractivity contribution in [2.24, 2.45) is 0 Å². The van der Waals surface area contributed by atoms with Gasteiger partial charge in [0, 0.05) is 23.8 Å². The van der Waals surface area contributed by atoms with Crippen molar-refractivity contribution in [2.75, 3.05) is 17.3 Å². The number of rotatable bonds is 4. The summed E-state index contributed by atoms with van der Waals surface area (Å²) in [5.41, 5.74) is 2.16. The van der Waals surface area contributed by atoms with Crippen molar-refractivity contribution in [1.82, 2.24) is 19.9 Å². The molecule has 2 heterocycles. The maximum absolute atomic E-state index is 9.73. The summed E-state index contributed by atoms with van der Waals surface area (Å²) in [5.74, 6) is 1.24. The van der Waals surface area contributed by atoms with E-state index < -0.39 is 0 Å². The summed E-state index contributed by atoms with van der Waals surface area (Å²) in [6.45, 7) is 0. The molecule has 0 unspecified atom stereocenters. The minimum absolute atomic E-state index is 0.186. The van der Waals surface area contributed by atoms with E-state index in [2.05, 4.69) is 25.2 Å². The fraction of sp³-hybridized carbons (Fsp3) is 0.368. The molecular weight excluding hydrogens is 364 g/mol. The number of nitrogens with one attached hydrogen (secondary N) is 1. The first-order valence-corrected chi connectivity index (χ1v) is 9.39. The van der Waals surface area contributed by atoms with Crippen LogP contribution in [0.4, 0.5) is 17.5 Å². The highest BCUT2D eigenvalue weighted by atomic mass is 35.5. The fourth-order valence-electron chi connectivity index (χ4n) is 3.42. The van der Waals surface area contributed by atoms with Crippen LogP contribution in [0.3, 0.4) is 0 Å². The molecule has 4 rings (SSSR count). The zero-order chi connectivity index (χ0) is 18.8. The van der Waals surface area contributed by atoms with Crippen LogP contribution in [-0.2, 0) is 0 Å². The van der Waals surface area contributed by atoms with Gasteiger partial charge in [-0.1, -0.05) is 17.7 Å². The normalized spacial score (nSPS) is 19.8. The molecule has 0 spiro atoms. The number of hydrogen-bond acceptors (Lipinski definition) is 7. The average Bonchev–Trinajstić information content (AvgIpc) is 2.68. The van der Waals surface area contributed by atoms with Gasteiger partial charge in [-0.25, -0.2) is 19.9 Å². The SMILES string of the molecule is CN(c1ncc2ncnc(Nc3cccc(Cl)c3)c2n1)C1CCC(O)CC1. The predicted octanol–water partition coefficient (Wildman–Crippen LogP) is 3.56. The second kappa shape index (κ2) is 7.62. The van der Waals surface area contributed by atoms with E-state index in [1.807, 2.05) is 31.3 Å². The first-order chi connectivity index (χ1) is 13.1. The molecule has 0 amide bonds. The van der Waals surface area contributed by atoms with Gasteiger partial charge in [0.15, 0.2) is 5.82 Å². The van der Waals surface area contributed by atoms with E-state index >= 15 is 0 Å². The molecule has 0 radical (unpaired) electrons. The number of fused-ring (bicyclic) bond motifs is 1. The van der Waals surface area contributed by atoms with E-state index in [1.54, 1.807) is 6.20 Å². The van der Waals surface area contributed by atoms with E-state index in [4.69, 9.17) is 16.6 Å². The second-order valence-electron chi connectivity index (χ2n) is 6.83. The van der Waals surface area contributed by atoms with Gasteiger partial charge in [0.1, 0.15) is 17.4 Å². The third kappa shape index (κ3) is 3.94. The highest BCUT2D eigenvalue weighted by molar-refractivity contribution is 6.30. The van der Waals surface area contributed by atoms with Crippen molar-refractivity contribution >= 4 is 40.1 Å². The molecule has 0 aliphatic heterocycles. The lowest BCUT2D eigenvalue weighted by Crippen LogP contribution is -2.37. The van der Waals surface area contributed by atoms with Gasteiger partial charge >= 0.3 is 0 Å². The summed E-state index contributed by atoms with van der Waals surface area (Å²) in [7, 11) is 2.00. The first-order valence-electron chi connectivity index (χ1n) is 9.01. The quantitative estimate of drug-likeness (QED) is 0.711. The van der Waals surface area contributed by atoms with Crippen LogP contribution in [0.2, 0.25) is 5.02 Å². The van der Waals surface area contributed by atoms with Crippen LogP contribution < -0.4 is 10.2 Å². The predicted molar refractivity (Wildman–Crippen MR) is 107 cm³/mol. The number of aliphatic hydroxyl groups is 1. The van der Waals surface area contributed by atoms with Gasteiger partial charge in [0.2, 0.25) is 5.95 Å². The van der Waals surface area contributed by atoms with Gasteiger partial charge in [0.25, 0.3) is 0 Å². The van der Waals surface area contributed by atoms with Crippen LogP contribution in [0.5, 0.6) is 0 Å². The summed E-state index contributed by atoms with van der Waals surface area (Å²) >= 11 is 6.07. The van der Waals surface area contributed by atoms with Gasteiger partial charge in [-0.05, 0) is 43.9 Å². The fourth-order valence-corrected chi connectivity index (χ4v) is 3.61. The minimum Gasteiger partial charge on any atom is -0.393 e. The Morgan fingerprint density at radius 3 is 2.74 bits per heavy atom. The molecule has 2 N–H and O–H groups in total. The third-order valence-electron chi connectivity index (χ3n) is 4.98. The summed E-state index contributed by atoms with van der Waals surface area (Å²) in [6, 6.07) is 7.76. The molecule has 3 aromatic rings. The Balaban J connectivity index is 1.64. The Kier molecular flexibility index (Phi) is 5.05. The molecule has 0 atom stereocenters. The summed E-state index contributed by atoms with van der Waals surface area (Å²) in [5, 5.41) is 13.6. The Hall–Kier alpha value is -2.51. The van der Waals surface area contributed by atoms with Crippen LogP contribution >= 0.6 is 11.6 Å². The average molecular weight is 385 g/mol. The van der Waals surface area contributed by atoms with E-state index in [0.717, 1.165) is 31.4 Å². The van der Waals surface area contributed by atoms with Crippen LogP contribution in [0.1, 0.15) is 25.7 Å². The van der Waals surface area contributed by atoms with Crippen LogP contribution in [0.25, 0.3) is 11.0 Å². The Bertz CT molecular complexity index is 944. The smallest absolute Gasteiger partial charge is 0.226 e. The largest absolute Gasteiger partial charge is 0.393 e. The van der Waals surface area contributed by atoms with Crippen molar-refractivity contribution in [2.45, 2.75) is 37.8 Å². The number of nitrogens with zero attached hydrogens (tertiary/aromatic N) is 5. The molecule has 1 aromatic carbocycles. The zero-order valence-electron chi connectivity index (χ0n) is 15.0. The van der Waals surface area contributed by atoms with Crippen molar-refractivity contribution in [3.8, 4) is 0 Å². The molecule has 1 saturated carbocycles. The molecule has 7 nitrogen and oxygen atoms in total. The van der Waals surface area contributed by atoms with Crippen molar-refractivity contribution < 1.29 is 5.11 Å². The van der Waals surface area contributed by atoms with E-state index in [9.17, 15) is 5.11 Å². The van der Waals surface area contributed by atoms with Crippen molar-refractivity contribution in [3.05, 3.63) is 41.8 Å². The molecule has 0 saturated heterocycles. The highest BCUT2D eigenvalue weighted by Gasteiger charge is 2.24. The second-order valence-corrected chi connectivity index (χ2v) is 7.27. The lowest BCUT2D eigenvalue weighted by Gasteiger charge is -2.33. The summed E-state index contributed by atoms with van der Waals surface area (Å²) < 4.78 is 0. The van der Waals surface area contributed by atoms with Gasteiger partial charge < -0.3 is 15.3 Å². The maximum Gasteiger partial charge on any atom is 0.226 e. The standard InChI is InChI=1S/C19H21ClN6O/c1-26(14-5-7-15(27)8-6-14)19-21-10-16-17(25-19)18(23-11-22-16)24-13-4-2-3-12(20)9-13/h2-4,9-11,14-15,27H,5-8H2,1H3,(H,22,23,24). The number of halogens is 1. The molecule has 8 heteroatoms. The summed E-state index contributed by atoms with van der Waals surface area (Å²) in [4.78, 5) is 19.9. The molecular formula is C19H21ClN6O. The Morgan fingerprint density at radius 1 is 1.15 bits per heavy atom. The number of benzene rings is 1. The van der Waals surface area contributed by atoms with Crippen molar-refractivity contribution in [3.63, 3.8) is 0 Å². The lowest BCUT2D eigenvalue weighted by molar-refractivity contribution is 0.122. The first kappa shape index (κ1) is 17.9. The van der Waals surface area contributed by atoms with Crippen molar-refractivity contribution in [1.29, 1.82) is 0 Å². The molecule has 1 aliphatic carbocycles. The molecule has 0 bridgehead atoms. The Morgan fingerprint density at radius 2 is 1.96 bits per heavy atom. The number of aromatic nitrogens is 4. The van der Waals surface area contributed by atoms with Crippen LogP contribution in [0, 0.1) is 0 Å². The lowest BCUT2D eigenvalue weighted by atomic mass is 9.92. The zero-order valence-corrected chi connectivity index (χ0v) is 15.8. The van der Waals surface area contributed by atoms with Gasteiger partial charge in [0.05, 0.1) is 12.3 Å².